The Labute approximate surface area is 204 Å². The minimum Gasteiger partial charge on any atom is -0.384 e. The smallest absolute Gasteiger partial charge is 0.157 e. The third-order valence-electron chi connectivity index (χ3n) is 6.47. The van der Waals surface area contributed by atoms with Gasteiger partial charge in [0.1, 0.15) is 11.9 Å². The van der Waals surface area contributed by atoms with Crippen molar-refractivity contribution < 1.29 is 5.11 Å². The fourth-order valence-corrected chi connectivity index (χ4v) is 4.36. The van der Waals surface area contributed by atoms with Gasteiger partial charge >= 0.3 is 0 Å². The third kappa shape index (κ3) is 4.73. The summed E-state index contributed by atoms with van der Waals surface area (Å²) in [6, 6.07) is 13.6. The van der Waals surface area contributed by atoms with E-state index < -0.39 is 5.60 Å². The average Bonchev–Trinajstić information content (AvgIpc) is 3.48. The molecule has 1 aliphatic carbocycles. The lowest BCUT2D eigenvalue weighted by Crippen LogP contribution is -2.21. The SMILES string of the molecule is Cc1cc(C(C)(C)O)n(-c2cc(Cc3c(C)c(-c4ccc(C#N)cc4)nn3CC3CC3)ncn2)n1. The molecular weight excluding hydrogens is 438 g/mol. The highest BCUT2D eigenvalue weighted by atomic mass is 16.3. The second kappa shape index (κ2) is 8.75. The van der Waals surface area contributed by atoms with Crippen molar-refractivity contribution in [3.8, 4) is 23.1 Å². The zero-order valence-corrected chi connectivity index (χ0v) is 20.5. The Hall–Kier alpha value is -3.83. The van der Waals surface area contributed by atoms with Gasteiger partial charge in [-0.15, -0.1) is 0 Å². The molecule has 4 aromatic rings. The molecule has 0 bridgehead atoms. The van der Waals surface area contributed by atoms with Gasteiger partial charge in [-0.25, -0.2) is 14.6 Å². The lowest BCUT2D eigenvalue weighted by molar-refractivity contribution is 0.0710. The van der Waals surface area contributed by atoms with E-state index in [0.29, 0.717) is 29.4 Å². The number of nitrogens with zero attached hydrogens (tertiary/aromatic N) is 7. The Morgan fingerprint density at radius 2 is 1.83 bits per heavy atom. The van der Waals surface area contributed by atoms with Crippen molar-refractivity contribution in [2.75, 3.05) is 0 Å². The molecule has 0 spiro atoms. The summed E-state index contributed by atoms with van der Waals surface area (Å²) in [5.41, 5.74) is 6.11. The first kappa shape index (κ1) is 22.9. The fraction of sp³-hybridized carbons (Fsp3) is 0.370. The van der Waals surface area contributed by atoms with Gasteiger partial charge in [-0.05, 0) is 70.2 Å². The van der Waals surface area contributed by atoms with Crippen LogP contribution in [0.1, 0.15) is 60.6 Å². The minimum absolute atomic E-state index is 0.607. The molecule has 8 nitrogen and oxygen atoms in total. The largest absolute Gasteiger partial charge is 0.384 e. The first-order valence-corrected chi connectivity index (χ1v) is 11.9. The van der Waals surface area contributed by atoms with Crippen LogP contribution >= 0.6 is 0 Å². The second-order valence-corrected chi connectivity index (χ2v) is 9.92. The number of rotatable bonds is 7. The molecule has 8 heteroatoms. The number of hydrogen-bond acceptors (Lipinski definition) is 6. The summed E-state index contributed by atoms with van der Waals surface area (Å²) in [5, 5.41) is 29.3. The van der Waals surface area contributed by atoms with Gasteiger partial charge in [0.15, 0.2) is 5.82 Å². The molecule has 0 atom stereocenters. The summed E-state index contributed by atoms with van der Waals surface area (Å²) in [7, 11) is 0. The molecule has 0 radical (unpaired) electrons. The Kier molecular flexibility index (Phi) is 5.73. The molecular formula is C27H29N7O. The van der Waals surface area contributed by atoms with Crippen LogP contribution in [0.2, 0.25) is 0 Å². The molecule has 1 N–H and O–H groups in total. The van der Waals surface area contributed by atoms with Crippen LogP contribution < -0.4 is 0 Å². The molecule has 178 valence electrons. The lowest BCUT2D eigenvalue weighted by Gasteiger charge is -2.18. The van der Waals surface area contributed by atoms with Gasteiger partial charge in [0, 0.05) is 30.3 Å². The predicted octanol–water partition coefficient (Wildman–Crippen LogP) is 4.24. The summed E-state index contributed by atoms with van der Waals surface area (Å²) >= 11 is 0. The molecule has 0 aliphatic heterocycles. The van der Waals surface area contributed by atoms with Gasteiger partial charge in [-0.2, -0.15) is 15.5 Å². The normalized spacial score (nSPS) is 13.7. The van der Waals surface area contributed by atoms with Crippen molar-refractivity contribution in [3.05, 3.63) is 76.6 Å². The summed E-state index contributed by atoms with van der Waals surface area (Å²) in [5.74, 6) is 1.29. The van der Waals surface area contributed by atoms with Gasteiger partial charge in [0.2, 0.25) is 0 Å². The van der Waals surface area contributed by atoms with Crippen LogP contribution in [0.25, 0.3) is 17.1 Å². The highest BCUT2D eigenvalue weighted by molar-refractivity contribution is 5.65. The number of benzene rings is 1. The molecule has 3 aromatic heterocycles. The van der Waals surface area contributed by atoms with E-state index in [-0.39, 0.29) is 0 Å². The molecule has 1 aromatic carbocycles. The van der Waals surface area contributed by atoms with E-state index in [2.05, 4.69) is 32.7 Å². The highest BCUT2D eigenvalue weighted by Crippen LogP contribution is 2.33. The van der Waals surface area contributed by atoms with Crippen LogP contribution in [0.3, 0.4) is 0 Å². The fourth-order valence-electron chi connectivity index (χ4n) is 4.36. The van der Waals surface area contributed by atoms with Gasteiger partial charge in [0.05, 0.1) is 34.4 Å². The van der Waals surface area contributed by atoms with E-state index in [1.54, 1.807) is 24.9 Å². The number of nitriles is 1. The van der Waals surface area contributed by atoms with Gasteiger partial charge in [0.25, 0.3) is 0 Å². The average molecular weight is 468 g/mol. The van der Waals surface area contributed by atoms with E-state index in [1.165, 1.54) is 12.8 Å². The van der Waals surface area contributed by atoms with Crippen LogP contribution in [0.15, 0.2) is 42.7 Å². The van der Waals surface area contributed by atoms with E-state index in [9.17, 15) is 5.11 Å². The zero-order chi connectivity index (χ0) is 24.7. The topological polar surface area (TPSA) is 105 Å². The Bertz CT molecular complexity index is 1410. The number of aryl methyl sites for hydroxylation is 1. The van der Waals surface area contributed by atoms with E-state index in [1.807, 2.05) is 43.3 Å². The van der Waals surface area contributed by atoms with Crippen LogP contribution in [0, 0.1) is 31.1 Å². The quantitative estimate of drug-likeness (QED) is 0.436. The molecule has 35 heavy (non-hydrogen) atoms. The monoisotopic (exact) mass is 467 g/mol. The van der Waals surface area contributed by atoms with Crippen molar-refractivity contribution >= 4 is 0 Å². The third-order valence-corrected chi connectivity index (χ3v) is 6.47. The number of aliphatic hydroxyl groups is 1. The van der Waals surface area contributed by atoms with E-state index in [0.717, 1.165) is 40.4 Å². The summed E-state index contributed by atoms with van der Waals surface area (Å²) < 4.78 is 3.82. The van der Waals surface area contributed by atoms with Crippen LogP contribution in [0.4, 0.5) is 0 Å². The predicted molar refractivity (Wildman–Crippen MR) is 132 cm³/mol. The number of aromatic nitrogens is 6. The Morgan fingerprint density at radius 1 is 1.09 bits per heavy atom. The maximum absolute atomic E-state index is 10.6. The molecule has 5 rings (SSSR count). The molecule has 1 fully saturated rings. The van der Waals surface area contributed by atoms with Gasteiger partial charge in [-0.3, -0.25) is 4.68 Å². The maximum Gasteiger partial charge on any atom is 0.157 e. The van der Waals surface area contributed by atoms with Crippen molar-refractivity contribution in [1.29, 1.82) is 5.26 Å². The van der Waals surface area contributed by atoms with Gasteiger partial charge in [-0.1, -0.05) is 12.1 Å². The molecule has 0 saturated heterocycles. The Balaban J connectivity index is 1.52. The summed E-state index contributed by atoms with van der Waals surface area (Å²) in [6.07, 6.45) is 4.63. The van der Waals surface area contributed by atoms with Crippen molar-refractivity contribution in [3.63, 3.8) is 0 Å². The highest BCUT2D eigenvalue weighted by Gasteiger charge is 2.26. The van der Waals surface area contributed by atoms with E-state index >= 15 is 0 Å². The maximum atomic E-state index is 10.6. The van der Waals surface area contributed by atoms with Crippen molar-refractivity contribution in [2.24, 2.45) is 5.92 Å². The van der Waals surface area contributed by atoms with Crippen LogP contribution in [-0.4, -0.2) is 34.6 Å². The first-order chi connectivity index (χ1) is 16.7. The van der Waals surface area contributed by atoms with Crippen molar-refractivity contribution in [1.82, 2.24) is 29.5 Å². The zero-order valence-electron chi connectivity index (χ0n) is 20.5. The molecule has 0 amide bonds. The van der Waals surface area contributed by atoms with Crippen LogP contribution in [0.5, 0.6) is 0 Å². The first-order valence-electron chi connectivity index (χ1n) is 11.9. The molecule has 0 unspecified atom stereocenters. The Morgan fingerprint density at radius 3 is 2.49 bits per heavy atom. The molecule has 1 aliphatic rings. The van der Waals surface area contributed by atoms with Gasteiger partial charge < -0.3 is 5.11 Å². The van der Waals surface area contributed by atoms with E-state index in [4.69, 9.17) is 10.4 Å². The summed E-state index contributed by atoms with van der Waals surface area (Å²) in [6.45, 7) is 8.38. The minimum atomic E-state index is -1.05. The standard InChI is InChI=1S/C27H29N7O/c1-17-11-24(27(3,4)35)34(31-17)25-13-22(29-16-30-25)12-23-18(2)26(32-33(23)15-20-5-6-20)21-9-7-19(14-28)8-10-21/h7-11,13,16,20,35H,5-6,12,15H2,1-4H3. The summed E-state index contributed by atoms with van der Waals surface area (Å²) in [4.78, 5) is 8.99. The lowest BCUT2D eigenvalue weighted by atomic mass is 10.0. The second-order valence-electron chi connectivity index (χ2n) is 9.92. The van der Waals surface area contributed by atoms with Crippen molar-refractivity contribution in [2.45, 2.75) is 59.1 Å². The van der Waals surface area contributed by atoms with Crippen LogP contribution in [-0.2, 0) is 18.6 Å². The number of hydrogen-bond donors (Lipinski definition) is 1. The molecule has 1 saturated carbocycles. The molecule has 3 heterocycles.